The number of benzene rings is 2. The van der Waals surface area contributed by atoms with E-state index in [9.17, 15) is 14.4 Å². The van der Waals surface area contributed by atoms with Gasteiger partial charge in [0.05, 0.1) is 25.8 Å². The predicted molar refractivity (Wildman–Crippen MR) is 101 cm³/mol. The number of ether oxygens (including phenoxy) is 1. The lowest BCUT2D eigenvalue weighted by molar-refractivity contribution is -0.139. The number of imide groups is 1. The highest BCUT2D eigenvalue weighted by Crippen LogP contribution is 2.30. The summed E-state index contributed by atoms with van der Waals surface area (Å²) in [5, 5.41) is 5.77. The zero-order chi connectivity index (χ0) is 19.4. The molecule has 0 aromatic heterocycles. The van der Waals surface area contributed by atoms with Crippen LogP contribution < -0.4 is 15.4 Å². The van der Waals surface area contributed by atoms with E-state index < -0.39 is 6.04 Å². The predicted octanol–water partition coefficient (Wildman–Crippen LogP) is 2.39. The highest BCUT2D eigenvalue weighted by molar-refractivity contribution is 6.07. The first-order chi connectivity index (χ1) is 13.0. The summed E-state index contributed by atoms with van der Waals surface area (Å²) in [5.74, 6) is -0.188. The number of hydrogen-bond acceptors (Lipinski definition) is 5. The summed E-state index contributed by atoms with van der Waals surface area (Å²) in [7, 11) is 1.52. The van der Waals surface area contributed by atoms with Crippen LogP contribution in [0.2, 0.25) is 0 Å². The first-order valence-electron chi connectivity index (χ1n) is 8.58. The normalized spacial score (nSPS) is 16.4. The Morgan fingerprint density at radius 1 is 1.19 bits per heavy atom. The molecule has 27 heavy (non-hydrogen) atoms. The fourth-order valence-electron chi connectivity index (χ4n) is 3.02. The van der Waals surface area contributed by atoms with Crippen molar-refractivity contribution >= 4 is 29.1 Å². The number of carbonyl (C=O) groups excluding carboxylic acids is 3. The fraction of sp³-hybridized carbons (Fsp3) is 0.250. The van der Waals surface area contributed by atoms with Gasteiger partial charge in [0.2, 0.25) is 11.8 Å². The topological polar surface area (TPSA) is 87.7 Å². The number of carbonyl (C=O) groups is 3. The summed E-state index contributed by atoms with van der Waals surface area (Å²) in [6.45, 7) is 1.66. The van der Waals surface area contributed by atoms with Crippen LogP contribution in [0.25, 0.3) is 0 Å². The minimum Gasteiger partial charge on any atom is -0.495 e. The third-order valence-electron chi connectivity index (χ3n) is 4.28. The molecule has 0 saturated carbocycles. The maximum atomic E-state index is 12.7. The molecule has 7 heteroatoms. The van der Waals surface area contributed by atoms with Gasteiger partial charge in [0.15, 0.2) is 0 Å². The zero-order valence-electron chi connectivity index (χ0n) is 15.2. The quantitative estimate of drug-likeness (QED) is 0.766. The van der Waals surface area contributed by atoms with Crippen LogP contribution in [0.15, 0.2) is 48.5 Å². The fourth-order valence-corrected chi connectivity index (χ4v) is 3.02. The summed E-state index contributed by atoms with van der Waals surface area (Å²) in [5.41, 5.74) is 2.00. The summed E-state index contributed by atoms with van der Waals surface area (Å²) in [6, 6.07) is 13.8. The van der Waals surface area contributed by atoms with Gasteiger partial charge >= 0.3 is 0 Å². The molecular formula is C20H21N3O4. The number of nitrogens with zero attached hydrogens (tertiary/aromatic N) is 1. The van der Waals surface area contributed by atoms with E-state index in [-0.39, 0.29) is 30.7 Å². The molecule has 1 unspecified atom stereocenters. The molecule has 140 valence electrons. The standard InChI is InChI=1S/C20H21N3O4/c1-13(24)21-15-8-9-18(27-2)16(10-15)22-17-11-19(25)23(20(17)26)12-14-6-4-3-5-7-14/h3-10,17,22H,11-12H2,1-2H3,(H,21,24). The maximum Gasteiger partial charge on any atom is 0.252 e. The van der Waals surface area contributed by atoms with E-state index in [0.717, 1.165) is 5.56 Å². The van der Waals surface area contributed by atoms with Crippen molar-refractivity contribution < 1.29 is 19.1 Å². The Kier molecular flexibility index (Phi) is 5.40. The molecule has 3 rings (SSSR count). The van der Waals surface area contributed by atoms with Crippen LogP contribution in [0.3, 0.4) is 0 Å². The van der Waals surface area contributed by atoms with Crippen molar-refractivity contribution in [2.75, 3.05) is 17.7 Å². The third kappa shape index (κ3) is 4.25. The summed E-state index contributed by atoms with van der Waals surface area (Å²) in [4.78, 5) is 37.6. The van der Waals surface area contributed by atoms with Gasteiger partial charge < -0.3 is 15.4 Å². The Bertz CT molecular complexity index is 867. The summed E-state index contributed by atoms with van der Waals surface area (Å²) < 4.78 is 5.32. The molecule has 0 radical (unpaired) electrons. The second kappa shape index (κ2) is 7.90. The Hall–Kier alpha value is -3.35. The first kappa shape index (κ1) is 18.4. The van der Waals surface area contributed by atoms with Crippen molar-refractivity contribution in [3.8, 4) is 5.75 Å². The highest BCUT2D eigenvalue weighted by atomic mass is 16.5. The smallest absolute Gasteiger partial charge is 0.252 e. The molecule has 2 N–H and O–H groups in total. The molecular weight excluding hydrogens is 346 g/mol. The average Bonchev–Trinajstić information content (AvgIpc) is 2.90. The van der Waals surface area contributed by atoms with Crippen LogP contribution in [0, 0.1) is 0 Å². The van der Waals surface area contributed by atoms with Gasteiger partial charge in [-0.15, -0.1) is 0 Å². The van der Waals surface area contributed by atoms with Gasteiger partial charge in [-0.2, -0.15) is 0 Å². The van der Waals surface area contributed by atoms with E-state index in [1.165, 1.54) is 18.9 Å². The van der Waals surface area contributed by atoms with E-state index in [4.69, 9.17) is 4.74 Å². The van der Waals surface area contributed by atoms with E-state index in [0.29, 0.717) is 17.1 Å². The van der Waals surface area contributed by atoms with Crippen LogP contribution in [0.4, 0.5) is 11.4 Å². The van der Waals surface area contributed by atoms with Crippen molar-refractivity contribution in [3.63, 3.8) is 0 Å². The monoisotopic (exact) mass is 367 g/mol. The van der Waals surface area contributed by atoms with E-state index in [1.54, 1.807) is 18.2 Å². The Labute approximate surface area is 157 Å². The number of nitrogens with one attached hydrogen (secondary N) is 2. The molecule has 1 heterocycles. The van der Waals surface area contributed by atoms with E-state index >= 15 is 0 Å². The molecule has 0 spiro atoms. The molecule has 2 aromatic rings. The lowest BCUT2D eigenvalue weighted by Gasteiger charge is -2.18. The van der Waals surface area contributed by atoms with Gasteiger partial charge in [-0.1, -0.05) is 30.3 Å². The highest BCUT2D eigenvalue weighted by Gasteiger charge is 2.38. The number of rotatable bonds is 6. The van der Waals surface area contributed by atoms with Gasteiger partial charge in [-0.25, -0.2) is 0 Å². The van der Waals surface area contributed by atoms with Crippen LogP contribution in [0.1, 0.15) is 18.9 Å². The van der Waals surface area contributed by atoms with Crippen molar-refractivity contribution in [1.82, 2.24) is 4.90 Å². The van der Waals surface area contributed by atoms with Crippen molar-refractivity contribution in [2.45, 2.75) is 25.9 Å². The molecule has 1 aliphatic heterocycles. The van der Waals surface area contributed by atoms with Crippen molar-refractivity contribution in [1.29, 1.82) is 0 Å². The SMILES string of the molecule is COc1ccc(NC(C)=O)cc1NC1CC(=O)N(Cc2ccccc2)C1=O. The van der Waals surface area contributed by atoms with Gasteiger partial charge in [0.1, 0.15) is 11.8 Å². The second-order valence-corrected chi connectivity index (χ2v) is 6.30. The maximum absolute atomic E-state index is 12.7. The number of anilines is 2. The summed E-state index contributed by atoms with van der Waals surface area (Å²) in [6.07, 6.45) is 0.0686. The van der Waals surface area contributed by atoms with Gasteiger partial charge in [-0.05, 0) is 23.8 Å². The molecule has 1 aliphatic rings. The second-order valence-electron chi connectivity index (χ2n) is 6.30. The van der Waals surface area contributed by atoms with E-state index in [2.05, 4.69) is 10.6 Å². The Balaban J connectivity index is 1.77. The van der Waals surface area contributed by atoms with Crippen LogP contribution in [-0.4, -0.2) is 35.8 Å². The number of hydrogen-bond donors (Lipinski definition) is 2. The molecule has 3 amide bonds. The van der Waals surface area contributed by atoms with Gasteiger partial charge in [0, 0.05) is 12.6 Å². The van der Waals surface area contributed by atoms with Crippen molar-refractivity contribution in [3.05, 3.63) is 54.1 Å². The Morgan fingerprint density at radius 3 is 2.59 bits per heavy atom. The molecule has 1 saturated heterocycles. The lowest BCUT2D eigenvalue weighted by atomic mass is 10.2. The number of likely N-dealkylation sites (tertiary alicyclic amines) is 1. The summed E-state index contributed by atoms with van der Waals surface area (Å²) >= 11 is 0. The molecule has 1 fully saturated rings. The largest absolute Gasteiger partial charge is 0.495 e. The molecule has 7 nitrogen and oxygen atoms in total. The third-order valence-corrected chi connectivity index (χ3v) is 4.28. The molecule has 1 atom stereocenters. The van der Waals surface area contributed by atoms with Crippen LogP contribution in [-0.2, 0) is 20.9 Å². The first-order valence-corrected chi connectivity index (χ1v) is 8.58. The average molecular weight is 367 g/mol. The van der Waals surface area contributed by atoms with E-state index in [1.807, 2.05) is 30.3 Å². The minimum absolute atomic E-state index is 0.0686. The molecule has 0 aliphatic carbocycles. The minimum atomic E-state index is -0.678. The number of methoxy groups -OCH3 is 1. The number of amides is 3. The van der Waals surface area contributed by atoms with Crippen molar-refractivity contribution in [2.24, 2.45) is 0 Å². The molecule has 2 aromatic carbocycles. The van der Waals surface area contributed by atoms with Crippen LogP contribution in [0.5, 0.6) is 5.75 Å². The van der Waals surface area contributed by atoms with Gasteiger partial charge in [-0.3, -0.25) is 19.3 Å². The molecule has 0 bridgehead atoms. The van der Waals surface area contributed by atoms with Crippen LogP contribution >= 0.6 is 0 Å². The Morgan fingerprint density at radius 2 is 1.93 bits per heavy atom. The van der Waals surface area contributed by atoms with Gasteiger partial charge in [0.25, 0.3) is 5.91 Å². The lowest BCUT2D eigenvalue weighted by Crippen LogP contribution is -2.34. The zero-order valence-corrected chi connectivity index (χ0v) is 15.2.